The molecule has 14 heavy (non-hydrogen) atoms. The average molecular weight is 200 g/mol. The summed E-state index contributed by atoms with van der Waals surface area (Å²) in [6.45, 7) is 8.70. The maximum absolute atomic E-state index is 10.6. The molecule has 0 N–H and O–H groups in total. The minimum Gasteiger partial charge on any atom is -0.466 e. The van der Waals surface area contributed by atoms with Gasteiger partial charge in [-0.25, -0.2) is 0 Å². The summed E-state index contributed by atoms with van der Waals surface area (Å²) < 4.78 is 4.95. The molecule has 84 valence electrons. The van der Waals surface area contributed by atoms with Crippen molar-refractivity contribution >= 4 is 5.97 Å². The van der Waals surface area contributed by atoms with Crippen LogP contribution in [0.2, 0.25) is 0 Å². The number of hydrogen-bond acceptors (Lipinski definition) is 2. The zero-order valence-corrected chi connectivity index (χ0v) is 10.0. The molecule has 1 unspecified atom stereocenters. The highest BCUT2D eigenvalue weighted by Crippen LogP contribution is 2.15. The van der Waals surface area contributed by atoms with Gasteiger partial charge in [-0.1, -0.05) is 40.0 Å². The van der Waals surface area contributed by atoms with Crippen LogP contribution in [0.4, 0.5) is 0 Å². The second-order valence-corrected chi connectivity index (χ2v) is 4.35. The number of hydrogen-bond donors (Lipinski definition) is 0. The summed E-state index contributed by atoms with van der Waals surface area (Å²) in [6.07, 6.45) is 4.97. The molecule has 2 nitrogen and oxygen atoms in total. The fraction of sp³-hybridized carbons (Fsp3) is 0.917. The molecule has 0 aliphatic rings. The third kappa shape index (κ3) is 8.09. The van der Waals surface area contributed by atoms with E-state index in [0.29, 0.717) is 12.5 Å². The van der Waals surface area contributed by atoms with Gasteiger partial charge in [-0.2, -0.15) is 0 Å². The van der Waals surface area contributed by atoms with Crippen molar-refractivity contribution < 1.29 is 9.53 Å². The molecular formula is C12H24O2. The highest BCUT2D eigenvalue weighted by atomic mass is 16.5. The number of ether oxygens (including phenoxy) is 1. The Labute approximate surface area is 88.0 Å². The lowest BCUT2D eigenvalue weighted by molar-refractivity contribution is -0.142. The highest BCUT2D eigenvalue weighted by Gasteiger charge is 2.05. The first-order chi connectivity index (χ1) is 6.56. The summed E-state index contributed by atoms with van der Waals surface area (Å²) in [5.74, 6) is 1.16. The molecule has 0 fully saturated rings. The topological polar surface area (TPSA) is 26.3 Å². The van der Waals surface area contributed by atoms with E-state index >= 15 is 0 Å². The number of esters is 1. The van der Waals surface area contributed by atoms with Crippen molar-refractivity contribution in [1.82, 2.24) is 0 Å². The SMILES string of the molecule is CC[C@H](C)CCCC(C)COC(C)=O. The molecule has 0 amide bonds. The fourth-order valence-electron chi connectivity index (χ4n) is 1.36. The normalized spacial score (nSPS) is 14.9. The number of rotatable bonds is 7. The second-order valence-electron chi connectivity index (χ2n) is 4.35. The Morgan fingerprint density at radius 2 is 1.79 bits per heavy atom. The van der Waals surface area contributed by atoms with E-state index in [2.05, 4.69) is 20.8 Å². The molecule has 2 heteroatoms. The van der Waals surface area contributed by atoms with E-state index in [0.717, 1.165) is 12.3 Å². The first kappa shape index (κ1) is 13.5. The molecule has 0 aliphatic carbocycles. The van der Waals surface area contributed by atoms with Crippen molar-refractivity contribution in [3.63, 3.8) is 0 Å². The van der Waals surface area contributed by atoms with E-state index in [1.807, 2.05) is 0 Å². The van der Waals surface area contributed by atoms with E-state index < -0.39 is 0 Å². The first-order valence-corrected chi connectivity index (χ1v) is 5.69. The van der Waals surface area contributed by atoms with Crippen LogP contribution in [-0.4, -0.2) is 12.6 Å². The van der Waals surface area contributed by atoms with Gasteiger partial charge in [0.15, 0.2) is 0 Å². The third-order valence-corrected chi connectivity index (χ3v) is 2.66. The van der Waals surface area contributed by atoms with Gasteiger partial charge in [-0.05, 0) is 18.3 Å². The summed E-state index contributed by atoms with van der Waals surface area (Å²) in [7, 11) is 0. The molecular weight excluding hydrogens is 176 g/mol. The molecule has 0 aliphatic heterocycles. The molecule has 0 saturated heterocycles. The molecule has 0 aromatic carbocycles. The molecule has 0 saturated carbocycles. The number of carbonyl (C=O) groups excluding carboxylic acids is 1. The molecule has 0 spiro atoms. The van der Waals surface area contributed by atoms with Crippen LogP contribution < -0.4 is 0 Å². The molecule has 0 aromatic heterocycles. The molecule has 0 aromatic rings. The van der Waals surface area contributed by atoms with Crippen molar-refractivity contribution in [2.45, 2.75) is 53.4 Å². The van der Waals surface area contributed by atoms with Crippen LogP contribution in [0, 0.1) is 11.8 Å². The van der Waals surface area contributed by atoms with Gasteiger partial charge in [0.2, 0.25) is 0 Å². The van der Waals surface area contributed by atoms with E-state index in [4.69, 9.17) is 4.74 Å². The Morgan fingerprint density at radius 3 is 2.29 bits per heavy atom. The summed E-state index contributed by atoms with van der Waals surface area (Å²) in [5, 5.41) is 0. The van der Waals surface area contributed by atoms with Crippen LogP contribution in [0.15, 0.2) is 0 Å². The van der Waals surface area contributed by atoms with Crippen LogP contribution in [-0.2, 0) is 9.53 Å². The average Bonchev–Trinajstić information content (AvgIpc) is 2.14. The second kappa shape index (κ2) is 7.84. The Morgan fingerprint density at radius 1 is 1.21 bits per heavy atom. The van der Waals surface area contributed by atoms with Gasteiger partial charge in [-0.15, -0.1) is 0 Å². The van der Waals surface area contributed by atoms with Crippen molar-refractivity contribution in [2.75, 3.05) is 6.61 Å². The van der Waals surface area contributed by atoms with E-state index in [1.165, 1.54) is 26.2 Å². The minimum atomic E-state index is -0.168. The van der Waals surface area contributed by atoms with Gasteiger partial charge >= 0.3 is 5.97 Å². The fourth-order valence-corrected chi connectivity index (χ4v) is 1.36. The van der Waals surface area contributed by atoms with Crippen LogP contribution >= 0.6 is 0 Å². The summed E-state index contributed by atoms with van der Waals surface area (Å²) >= 11 is 0. The molecule has 0 rings (SSSR count). The van der Waals surface area contributed by atoms with Crippen molar-refractivity contribution in [2.24, 2.45) is 11.8 Å². The van der Waals surface area contributed by atoms with Crippen LogP contribution in [0.5, 0.6) is 0 Å². The van der Waals surface area contributed by atoms with Gasteiger partial charge in [-0.3, -0.25) is 4.79 Å². The monoisotopic (exact) mass is 200 g/mol. The van der Waals surface area contributed by atoms with E-state index in [9.17, 15) is 4.79 Å². The predicted octanol–water partition coefficient (Wildman–Crippen LogP) is 3.40. The molecule has 2 atom stereocenters. The largest absolute Gasteiger partial charge is 0.466 e. The maximum atomic E-state index is 10.6. The molecule has 0 bridgehead atoms. The van der Waals surface area contributed by atoms with E-state index in [1.54, 1.807) is 0 Å². The minimum absolute atomic E-state index is 0.168. The summed E-state index contributed by atoms with van der Waals surface area (Å²) in [4.78, 5) is 10.6. The zero-order valence-electron chi connectivity index (χ0n) is 10.0. The van der Waals surface area contributed by atoms with Gasteiger partial charge < -0.3 is 4.74 Å². The zero-order chi connectivity index (χ0) is 11.0. The molecule has 0 radical (unpaired) electrons. The first-order valence-electron chi connectivity index (χ1n) is 5.69. The van der Waals surface area contributed by atoms with E-state index in [-0.39, 0.29) is 5.97 Å². The van der Waals surface area contributed by atoms with Crippen molar-refractivity contribution in [3.05, 3.63) is 0 Å². The van der Waals surface area contributed by atoms with Crippen LogP contribution in [0.3, 0.4) is 0 Å². The Kier molecular flexibility index (Phi) is 7.54. The van der Waals surface area contributed by atoms with Crippen LogP contribution in [0.25, 0.3) is 0 Å². The molecule has 0 heterocycles. The Bertz CT molecular complexity index is 154. The van der Waals surface area contributed by atoms with Gasteiger partial charge in [0.25, 0.3) is 0 Å². The van der Waals surface area contributed by atoms with Gasteiger partial charge in [0.1, 0.15) is 0 Å². The van der Waals surface area contributed by atoms with Gasteiger partial charge in [0, 0.05) is 6.92 Å². The van der Waals surface area contributed by atoms with Crippen molar-refractivity contribution in [1.29, 1.82) is 0 Å². The Balaban J connectivity index is 3.35. The number of carbonyl (C=O) groups is 1. The van der Waals surface area contributed by atoms with Gasteiger partial charge in [0.05, 0.1) is 6.61 Å². The lowest BCUT2D eigenvalue weighted by atomic mass is 9.97. The summed E-state index contributed by atoms with van der Waals surface area (Å²) in [6, 6.07) is 0. The quantitative estimate of drug-likeness (QED) is 0.589. The standard InChI is InChI=1S/C12H24O2/c1-5-10(2)7-6-8-11(3)9-14-12(4)13/h10-11H,5-9H2,1-4H3/t10-,11?/m0/s1. The van der Waals surface area contributed by atoms with Crippen molar-refractivity contribution in [3.8, 4) is 0 Å². The predicted molar refractivity (Wildman–Crippen MR) is 59.1 cm³/mol. The summed E-state index contributed by atoms with van der Waals surface area (Å²) in [5.41, 5.74) is 0. The third-order valence-electron chi connectivity index (χ3n) is 2.66. The maximum Gasteiger partial charge on any atom is 0.302 e. The lowest BCUT2D eigenvalue weighted by Gasteiger charge is -2.12. The smallest absolute Gasteiger partial charge is 0.302 e. The van der Waals surface area contributed by atoms with Crippen LogP contribution in [0.1, 0.15) is 53.4 Å². The highest BCUT2D eigenvalue weighted by molar-refractivity contribution is 5.65. The Hall–Kier alpha value is -0.530. The lowest BCUT2D eigenvalue weighted by Crippen LogP contribution is -2.09.